The first kappa shape index (κ1) is 21.3. The molecule has 7 nitrogen and oxygen atoms in total. The van der Waals surface area contributed by atoms with Crippen LogP contribution in [0.15, 0.2) is 23.2 Å². The maximum Gasteiger partial charge on any atom is 0.226 e. The summed E-state index contributed by atoms with van der Waals surface area (Å²) in [7, 11) is -3.41. The van der Waals surface area contributed by atoms with Gasteiger partial charge in [0, 0.05) is 44.3 Å². The molecule has 0 aromatic carbocycles. The first-order chi connectivity index (χ1) is 14.4. The molecule has 8 heteroatoms. The molecule has 0 radical (unpaired) electrons. The van der Waals surface area contributed by atoms with E-state index in [1.165, 1.54) is 18.9 Å². The second-order valence-corrected chi connectivity index (χ2v) is 10.8. The minimum absolute atomic E-state index is 0.0385. The molecule has 1 atom stereocenters. The van der Waals surface area contributed by atoms with Gasteiger partial charge in [0.15, 0.2) is 9.84 Å². The molecule has 1 aliphatic carbocycles. The van der Waals surface area contributed by atoms with Crippen LogP contribution >= 0.6 is 0 Å². The Morgan fingerprint density at radius 1 is 1.03 bits per heavy atom. The molecular weight excluding hydrogens is 400 g/mol. The van der Waals surface area contributed by atoms with Crippen molar-refractivity contribution in [3.05, 3.63) is 24.0 Å². The third kappa shape index (κ3) is 4.68. The van der Waals surface area contributed by atoms with Gasteiger partial charge in [-0.25, -0.2) is 18.4 Å². The lowest BCUT2D eigenvalue weighted by Crippen LogP contribution is -2.42. The Morgan fingerprint density at radius 3 is 2.40 bits per heavy atom. The van der Waals surface area contributed by atoms with Crippen LogP contribution in [0.1, 0.15) is 63.0 Å². The van der Waals surface area contributed by atoms with E-state index in [0.717, 1.165) is 58.0 Å². The highest BCUT2D eigenvalue weighted by Gasteiger charge is 2.32. The molecule has 2 fully saturated rings. The summed E-state index contributed by atoms with van der Waals surface area (Å²) >= 11 is 0. The Morgan fingerprint density at radius 2 is 1.77 bits per heavy atom. The average Bonchev–Trinajstić information content (AvgIpc) is 2.79. The van der Waals surface area contributed by atoms with Crippen molar-refractivity contribution in [2.24, 2.45) is 5.92 Å². The summed E-state index contributed by atoms with van der Waals surface area (Å²) in [6.45, 7) is 3.16. The third-order valence-electron chi connectivity index (χ3n) is 6.62. The Kier molecular flexibility index (Phi) is 6.41. The van der Waals surface area contributed by atoms with Crippen LogP contribution in [-0.4, -0.2) is 61.6 Å². The van der Waals surface area contributed by atoms with Crippen molar-refractivity contribution in [3.8, 4) is 0 Å². The van der Waals surface area contributed by atoms with Crippen LogP contribution in [0.25, 0.3) is 0 Å². The van der Waals surface area contributed by atoms with E-state index >= 15 is 0 Å². The SMILES string of the molecule is CS(=O)(=O)c1cnc(N2CCCCC2)nc1C1CCN(C(=O)[C@H]2CC=CCC2)CC1. The van der Waals surface area contributed by atoms with Crippen molar-refractivity contribution in [1.29, 1.82) is 0 Å². The maximum atomic E-state index is 12.8. The summed E-state index contributed by atoms with van der Waals surface area (Å²) < 4.78 is 24.8. The normalized spacial score (nSPS) is 23.6. The Bertz CT molecular complexity index is 901. The van der Waals surface area contributed by atoms with Gasteiger partial charge in [0.05, 0.1) is 11.9 Å². The molecule has 0 unspecified atom stereocenters. The molecule has 164 valence electrons. The van der Waals surface area contributed by atoms with E-state index in [0.29, 0.717) is 24.7 Å². The van der Waals surface area contributed by atoms with Gasteiger partial charge in [-0.05, 0) is 51.4 Å². The molecule has 3 heterocycles. The standard InChI is InChI=1S/C22H32N4O3S/c1-30(28,29)19-16-23-22(26-12-6-3-7-13-26)24-20(19)17-10-14-25(15-11-17)21(27)18-8-4-2-5-9-18/h2,4,16-18H,3,5-15H2,1H3/t18-/m0/s1. The van der Waals surface area contributed by atoms with Crippen molar-refractivity contribution in [2.45, 2.75) is 62.2 Å². The zero-order valence-corrected chi connectivity index (χ0v) is 18.6. The summed E-state index contributed by atoms with van der Waals surface area (Å²) in [6, 6.07) is 0. The van der Waals surface area contributed by atoms with Gasteiger partial charge in [0.25, 0.3) is 0 Å². The minimum atomic E-state index is -3.41. The van der Waals surface area contributed by atoms with E-state index < -0.39 is 9.84 Å². The van der Waals surface area contributed by atoms with Crippen LogP contribution in [0.3, 0.4) is 0 Å². The summed E-state index contributed by atoms with van der Waals surface area (Å²) in [4.78, 5) is 26.4. The lowest BCUT2D eigenvalue weighted by molar-refractivity contribution is -0.136. The van der Waals surface area contributed by atoms with E-state index in [9.17, 15) is 13.2 Å². The summed E-state index contributed by atoms with van der Waals surface area (Å²) in [5, 5.41) is 0. The number of piperidine rings is 2. The molecule has 3 aliphatic rings. The fourth-order valence-corrected chi connectivity index (χ4v) is 5.68. The Hall–Kier alpha value is -1.96. The summed E-state index contributed by atoms with van der Waals surface area (Å²) in [6.07, 6.45) is 14.7. The second kappa shape index (κ2) is 9.04. The van der Waals surface area contributed by atoms with Gasteiger partial charge in [-0.2, -0.15) is 0 Å². The van der Waals surface area contributed by atoms with Crippen LogP contribution in [0.4, 0.5) is 5.95 Å². The zero-order valence-electron chi connectivity index (χ0n) is 17.8. The highest BCUT2D eigenvalue weighted by molar-refractivity contribution is 7.90. The number of aromatic nitrogens is 2. The largest absolute Gasteiger partial charge is 0.342 e. The van der Waals surface area contributed by atoms with Gasteiger partial charge in [-0.15, -0.1) is 0 Å². The molecule has 4 rings (SSSR count). The third-order valence-corrected chi connectivity index (χ3v) is 7.73. The fourth-order valence-electron chi connectivity index (χ4n) is 4.85. The van der Waals surface area contributed by atoms with Crippen molar-refractivity contribution in [2.75, 3.05) is 37.3 Å². The molecule has 1 aromatic rings. The number of carbonyl (C=O) groups is 1. The van der Waals surface area contributed by atoms with E-state index in [1.807, 2.05) is 4.90 Å². The molecule has 1 amide bonds. The quantitative estimate of drug-likeness (QED) is 0.680. The van der Waals surface area contributed by atoms with E-state index in [2.05, 4.69) is 22.0 Å². The Balaban J connectivity index is 1.51. The zero-order chi connectivity index (χ0) is 21.1. The summed E-state index contributed by atoms with van der Waals surface area (Å²) in [5.74, 6) is 1.03. The van der Waals surface area contributed by atoms with Gasteiger partial charge in [0.2, 0.25) is 11.9 Å². The van der Waals surface area contributed by atoms with Crippen LogP contribution in [-0.2, 0) is 14.6 Å². The molecule has 1 aromatic heterocycles. The number of anilines is 1. The number of allylic oxidation sites excluding steroid dienone is 2. The number of amides is 1. The van der Waals surface area contributed by atoms with Crippen LogP contribution in [0.5, 0.6) is 0 Å². The number of rotatable bonds is 4. The topological polar surface area (TPSA) is 83.5 Å². The van der Waals surface area contributed by atoms with Crippen molar-refractivity contribution in [3.63, 3.8) is 0 Å². The lowest BCUT2D eigenvalue weighted by atomic mass is 9.89. The molecule has 0 bridgehead atoms. The highest BCUT2D eigenvalue weighted by atomic mass is 32.2. The van der Waals surface area contributed by atoms with Crippen molar-refractivity contribution in [1.82, 2.24) is 14.9 Å². The van der Waals surface area contributed by atoms with Gasteiger partial charge in [-0.1, -0.05) is 12.2 Å². The van der Waals surface area contributed by atoms with E-state index in [1.54, 1.807) is 0 Å². The molecular formula is C22H32N4O3S. The van der Waals surface area contributed by atoms with Gasteiger partial charge >= 0.3 is 0 Å². The number of sulfone groups is 1. The maximum absolute atomic E-state index is 12.8. The summed E-state index contributed by atoms with van der Waals surface area (Å²) in [5.41, 5.74) is 0.640. The molecule has 0 N–H and O–H groups in total. The predicted octanol–water partition coefficient (Wildman–Crippen LogP) is 2.93. The van der Waals surface area contributed by atoms with Gasteiger partial charge in [-0.3, -0.25) is 4.79 Å². The van der Waals surface area contributed by atoms with Crippen LogP contribution in [0, 0.1) is 5.92 Å². The average molecular weight is 433 g/mol. The smallest absolute Gasteiger partial charge is 0.226 e. The van der Waals surface area contributed by atoms with Crippen molar-refractivity contribution < 1.29 is 13.2 Å². The molecule has 0 spiro atoms. The molecule has 30 heavy (non-hydrogen) atoms. The van der Waals surface area contributed by atoms with Crippen LogP contribution < -0.4 is 4.90 Å². The number of likely N-dealkylation sites (tertiary alicyclic amines) is 1. The number of hydrogen-bond acceptors (Lipinski definition) is 6. The molecule has 2 aliphatic heterocycles. The molecule has 2 saturated heterocycles. The van der Waals surface area contributed by atoms with Gasteiger partial charge < -0.3 is 9.80 Å². The lowest BCUT2D eigenvalue weighted by Gasteiger charge is -2.35. The van der Waals surface area contributed by atoms with Crippen LogP contribution in [0.2, 0.25) is 0 Å². The first-order valence-electron chi connectivity index (χ1n) is 11.2. The number of carbonyl (C=O) groups excluding carboxylic acids is 1. The fraction of sp³-hybridized carbons (Fsp3) is 0.682. The van der Waals surface area contributed by atoms with Gasteiger partial charge in [0.1, 0.15) is 4.90 Å². The highest BCUT2D eigenvalue weighted by Crippen LogP contribution is 2.33. The monoisotopic (exact) mass is 432 g/mol. The predicted molar refractivity (Wildman–Crippen MR) is 116 cm³/mol. The Labute approximate surface area is 179 Å². The first-order valence-corrected chi connectivity index (χ1v) is 13.1. The number of nitrogens with zero attached hydrogens (tertiary/aromatic N) is 4. The van der Waals surface area contributed by atoms with E-state index in [-0.39, 0.29) is 22.6 Å². The minimum Gasteiger partial charge on any atom is -0.342 e. The second-order valence-electron chi connectivity index (χ2n) is 8.82. The van der Waals surface area contributed by atoms with E-state index in [4.69, 9.17) is 4.98 Å². The number of hydrogen-bond donors (Lipinski definition) is 0. The van der Waals surface area contributed by atoms with Crippen molar-refractivity contribution >= 4 is 21.7 Å². The molecule has 0 saturated carbocycles.